The van der Waals surface area contributed by atoms with E-state index in [0.29, 0.717) is 5.89 Å². The average molecular weight is 369 g/mol. The van der Waals surface area contributed by atoms with E-state index in [1.54, 1.807) is 0 Å². The van der Waals surface area contributed by atoms with Crippen molar-refractivity contribution in [1.29, 1.82) is 0 Å². The molecular formula is C14H9F2N3O3S2. The fourth-order valence-corrected chi connectivity index (χ4v) is 2.95. The molecule has 6 nitrogen and oxygen atoms in total. The van der Waals surface area contributed by atoms with Crippen molar-refractivity contribution in [3.63, 3.8) is 0 Å². The number of ether oxygens (including phenoxy) is 1. The molecule has 0 aliphatic rings. The van der Waals surface area contributed by atoms with E-state index in [4.69, 9.17) is 9.26 Å². The lowest BCUT2D eigenvalue weighted by Gasteiger charge is -2.06. The number of thioether (sulfide) groups is 1. The van der Waals surface area contributed by atoms with Crippen molar-refractivity contribution < 1.29 is 22.8 Å². The van der Waals surface area contributed by atoms with Crippen molar-refractivity contribution in [3.8, 4) is 11.5 Å². The van der Waals surface area contributed by atoms with Gasteiger partial charge >= 0.3 is 5.97 Å². The standard InChI is InChI=1S/C14H9F2N3O3S2/c15-14(16)24-12-9(2-1-4-17-12)13(20)21-6-10-18-11(22-19-10)8-3-5-23-7-8/h1-5,7,14H,6H2. The molecular weight excluding hydrogens is 360 g/mol. The summed E-state index contributed by atoms with van der Waals surface area (Å²) in [6.45, 7) is -0.236. The van der Waals surface area contributed by atoms with Gasteiger partial charge in [0.2, 0.25) is 5.82 Å². The van der Waals surface area contributed by atoms with Crippen LogP contribution in [0.3, 0.4) is 0 Å². The molecule has 0 atom stereocenters. The van der Waals surface area contributed by atoms with Crippen LogP contribution in [0, 0.1) is 0 Å². The van der Waals surface area contributed by atoms with Gasteiger partial charge in [0.15, 0.2) is 6.61 Å². The lowest BCUT2D eigenvalue weighted by Crippen LogP contribution is -2.08. The van der Waals surface area contributed by atoms with Gasteiger partial charge in [-0.05, 0) is 35.3 Å². The first kappa shape index (κ1) is 16.5. The minimum absolute atomic E-state index is 0.0376. The van der Waals surface area contributed by atoms with Gasteiger partial charge in [0, 0.05) is 11.6 Å². The van der Waals surface area contributed by atoms with Crippen LogP contribution in [0.1, 0.15) is 16.2 Å². The molecule has 0 aliphatic carbocycles. The number of hydrogen-bond donors (Lipinski definition) is 0. The third-order valence-corrected chi connectivity index (χ3v) is 4.17. The number of halogens is 2. The van der Waals surface area contributed by atoms with Crippen molar-refractivity contribution in [3.05, 3.63) is 46.5 Å². The molecule has 3 rings (SSSR count). The zero-order valence-electron chi connectivity index (χ0n) is 11.9. The highest BCUT2D eigenvalue weighted by Gasteiger charge is 2.19. The number of esters is 1. The van der Waals surface area contributed by atoms with Crippen LogP contribution in [0.2, 0.25) is 0 Å². The molecule has 10 heteroatoms. The van der Waals surface area contributed by atoms with Gasteiger partial charge in [-0.2, -0.15) is 25.1 Å². The minimum Gasteiger partial charge on any atom is -0.454 e. The number of thiophene rings is 1. The second-order valence-corrected chi connectivity index (χ2v) is 6.10. The summed E-state index contributed by atoms with van der Waals surface area (Å²) in [5, 5.41) is 7.32. The SMILES string of the molecule is O=C(OCc1noc(-c2ccsc2)n1)c1cccnc1SC(F)F. The van der Waals surface area contributed by atoms with Gasteiger partial charge in [-0.3, -0.25) is 0 Å². The predicted molar refractivity (Wildman–Crippen MR) is 82.8 cm³/mol. The van der Waals surface area contributed by atoms with Crippen LogP contribution in [-0.4, -0.2) is 26.9 Å². The Hall–Kier alpha value is -2.33. The van der Waals surface area contributed by atoms with E-state index < -0.39 is 11.7 Å². The van der Waals surface area contributed by atoms with Crippen LogP contribution in [0.25, 0.3) is 11.5 Å². The highest BCUT2D eigenvalue weighted by atomic mass is 32.2. The summed E-state index contributed by atoms with van der Waals surface area (Å²) in [6.07, 6.45) is 1.33. The molecule has 0 saturated heterocycles. The van der Waals surface area contributed by atoms with E-state index in [-0.39, 0.29) is 34.8 Å². The van der Waals surface area contributed by atoms with Gasteiger partial charge in [0.25, 0.3) is 11.6 Å². The molecule has 0 aliphatic heterocycles. The third kappa shape index (κ3) is 3.95. The second-order valence-electron chi connectivity index (χ2n) is 4.34. The summed E-state index contributed by atoms with van der Waals surface area (Å²) in [7, 11) is 0. The second kappa shape index (κ2) is 7.49. The number of pyridine rings is 1. The Bertz CT molecular complexity index is 824. The Morgan fingerprint density at radius 3 is 3.04 bits per heavy atom. The van der Waals surface area contributed by atoms with Gasteiger partial charge in [0.05, 0.1) is 11.1 Å². The van der Waals surface area contributed by atoms with Crippen molar-refractivity contribution in [1.82, 2.24) is 15.1 Å². The fourth-order valence-electron chi connectivity index (χ4n) is 1.75. The van der Waals surface area contributed by atoms with Crippen LogP contribution < -0.4 is 0 Å². The number of carbonyl (C=O) groups excluding carboxylic acids is 1. The van der Waals surface area contributed by atoms with E-state index in [1.165, 1.54) is 29.7 Å². The molecule has 124 valence electrons. The molecule has 0 saturated carbocycles. The highest BCUT2D eigenvalue weighted by Crippen LogP contribution is 2.27. The van der Waals surface area contributed by atoms with Gasteiger partial charge in [0.1, 0.15) is 5.03 Å². The molecule has 0 aromatic carbocycles. The molecule has 3 aromatic heterocycles. The Morgan fingerprint density at radius 2 is 2.29 bits per heavy atom. The van der Waals surface area contributed by atoms with E-state index in [0.717, 1.165) is 5.56 Å². The maximum atomic E-state index is 12.5. The number of alkyl halides is 2. The molecule has 24 heavy (non-hydrogen) atoms. The van der Waals surface area contributed by atoms with E-state index in [9.17, 15) is 13.6 Å². The molecule has 0 N–H and O–H groups in total. The first-order valence-corrected chi connectivity index (χ1v) is 8.38. The zero-order chi connectivity index (χ0) is 16.9. The maximum absolute atomic E-state index is 12.5. The van der Waals surface area contributed by atoms with Gasteiger partial charge in [-0.15, -0.1) is 0 Å². The van der Waals surface area contributed by atoms with E-state index >= 15 is 0 Å². The Balaban J connectivity index is 1.66. The lowest BCUT2D eigenvalue weighted by molar-refractivity contribution is 0.0454. The fraction of sp³-hybridized carbons (Fsp3) is 0.143. The lowest BCUT2D eigenvalue weighted by atomic mass is 10.3. The summed E-state index contributed by atoms with van der Waals surface area (Å²) >= 11 is 1.67. The van der Waals surface area contributed by atoms with Crippen LogP contribution in [0.4, 0.5) is 8.78 Å². The first-order chi connectivity index (χ1) is 11.6. The largest absolute Gasteiger partial charge is 0.454 e. The molecule has 0 unspecified atom stereocenters. The number of rotatable bonds is 6. The monoisotopic (exact) mass is 369 g/mol. The minimum atomic E-state index is -2.68. The smallest absolute Gasteiger partial charge is 0.341 e. The van der Waals surface area contributed by atoms with E-state index in [1.807, 2.05) is 16.8 Å². The van der Waals surface area contributed by atoms with Crippen molar-refractivity contribution >= 4 is 29.1 Å². The molecule has 0 bridgehead atoms. The number of hydrogen-bond acceptors (Lipinski definition) is 8. The number of aromatic nitrogens is 3. The van der Waals surface area contributed by atoms with Gasteiger partial charge in [-0.1, -0.05) is 5.16 Å². The van der Waals surface area contributed by atoms with Crippen molar-refractivity contribution in [2.75, 3.05) is 0 Å². The summed E-state index contributed by atoms with van der Waals surface area (Å²) in [6, 6.07) is 4.65. The quantitative estimate of drug-likeness (QED) is 0.482. The third-order valence-electron chi connectivity index (χ3n) is 2.76. The summed E-state index contributed by atoms with van der Waals surface area (Å²) in [5.74, 6) is -2.97. The summed E-state index contributed by atoms with van der Waals surface area (Å²) in [5.41, 5.74) is 0.734. The highest BCUT2D eigenvalue weighted by molar-refractivity contribution is 7.99. The molecule has 0 radical (unpaired) electrons. The number of nitrogens with zero attached hydrogens (tertiary/aromatic N) is 3. The van der Waals surface area contributed by atoms with E-state index in [2.05, 4.69) is 15.1 Å². The van der Waals surface area contributed by atoms with Crippen LogP contribution >= 0.6 is 23.1 Å². The Morgan fingerprint density at radius 1 is 1.42 bits per heavy atom. The van der Waals surface area contributed by atoms with Gasteiger partial charge < -0.3 is 9.26 Å². The zero-order valence-corrected chi connectivity index (χ0v) is 13.5. The summed E-state index contributed by atoms with van der Waals surface area (Å²) < 4.78 is 35.1. The normalized spacial score (nSPS) is 11.0. The molecule has 0 spiro atoms. The van der Waals surface area contributed by atoms with Crippen LogP contribution in [0.15, 0.2) is 44.7 Å². The average Bonchev–Trinajstić information content (AvgIpc) is 3.24. The maximum Gasteiger partial charge on any atom is 0.341 e. The molecule has 3 heterocycles. The van der Waals surface area contributed by atoms with Crippen LogP contribution in [-0.2, 0) is 11.3 Å². The molecule has 0 fully saturated rings. The first-order valence-electron chi connectivity index (χ1n) is 6.55. The van der Waals surface area contributed by atoms with Crippen molar-refractivity contribution in [2.24, 2.45) is 0 Å². The Kier molecular flexibility index (Phi) is 5.16. The number of carbonyl (C=O) groups is 1. The predicted octanol–water partition coefficient (Wildman–Crippen LogP) is 3.86. The van der Waals surface area contributed by atoms with Gasteiger partial charge in [-0.25, -0.2) is 9.78 Å². The Labute approximate surface area is 142 Å². The summed E-state index contributed by atoms with van der Waals surface area (Å²) in [4.78, 5) is 19.9. The van der Waals surface area contributed by atoms with Crippen molar-refractivity contribution in [2.45, 2.75) is 17.4 Å². The molecule has 3 aromatic rings. The van der Waals surface area contributed by atoms with Crippen LogP contribution in [0.5, 0.6) is 0 Å². The topological polar surface area (TPSA) is 78.1 Å². The molecule has 0 amide bonds.